The van der Waals surface area contributed by atoms with Crippen LogP contribution in [0.2, 0.25) is 0 Å². The monoisotopic (exact) mass is 154 g/mol. The molecule has 2 nitrogen and oxygen atoms in total. The van der Waals surface area contributed by atoms with Gasteiger partial charge in [0.25, 0.3) is 0 Å². The molecule has 2 heteroatoms. The van der Waals surface area contributed by atoms with Gasteiger partial charge in [0, 0.05) is 6.42 Å². The first-order chi connectivity index (χ1) is 5.33. The quantitative estimate of drug-likeness (QED) is 0.448. The summed E-state index contributed by atoms with van der Waals surface area (Å²) in [6, 6.07) is 0. The highest BCUT2D eigenvalue weighted by atomic mass is 16.5. The van der Waals surface area contributed by atoms with Crippen LogP contribution in [0, 0.1) is 5.92 Å². The van der Waals surface area contributed by atoms with E-state index in [1.807, 2.05) is 6.08 Å². The van der Waals surface area contributed by atoms with Crippen LogP contribution in [0.3, 0.4) is 0 Å². The van der Waals surface area contributed by atoms with Crippen LogP contribution in [0.25, 0.3) is 0 Å². The standard InChI is InChI=1S/C9H14O2/c1-2-3-8-4-5-9(10)11-7-6-8/h2,8H,1,3-7H2. The minimum absolute atomic E-state index is 0.0448. The van der Waals surface area contributed by atoms with E-state index in [1.54, 1.807) is 0 Å². The van der Waals surface area contributed by atoms with Gasteiger partial charge in [-0.3, -0.25) is 4.79 Å². The molecule has 1 aliphatic rings. The van der Waals surface area contributed by atoms with Crippen LogP contribution in [0.15, 0.2) is 12.7 Å². The van der Waals surface area contributed by atoms with Crippen molar-refractivity contribution in [1.29, 1.82) is 0 Å². The second-order valence-corrected chi connectivity index (χ2v) is 2.94. The molecule has 62 valence electrons. The maximum Gasteiger partial charge on any atom is 0.305 e. The number of cyclic esters (lactones) is 1. The Morgan fingerprint density at radius 2 is 2.45 bits per heavy atom. The number of carbonyl (C=O) groups excluding carboxylic acids is 1. The van der Waals surface area contributed by atoms with Crippen molar-refractivity contribution in [3.63, 3.8) is 0 Å². The Labute approximate surface area is 67.2 Å². The summed E-state index contributed by atoms with van der Waals surface area (Å²) in [7, 11) is 0. The van der Waals surface area contributed by atoms with Crippen molar-refractivity contribution in [3.05, 3.63) is 12.7 Å². The van der Waals surface area contributed by atoms with Gasteiger partial charge >= 0.3 is 5.97 Å². The van der Waals surface area contributed by atoms with Gasteiger partial charge in [-0.05, 0) is 25.2 Å². The molecule has 0 N–H and O–H groups in total. The molecule has 0 aromatic heterocycles. The fraction of sp³-hybridized carbons (Fsp3) is 0.667. The molecule has 0 aliphatic carbocycles. The molecule has 0 saturated carbocycles. The van der Waals surface area contributed by atoms with Crippen LogP contribution in [0.1, 0.15) is 25.7 Å². The zero-order valence-corrected chi connectivity index (χ0v) is 6.71. The van der Waals surface area contributed by atoms with Crippen LogP contribution in [-0.2, 0) is 9.53 Å². The molecule has 0 radical (unpaired) electrons. The van der Waals surface area contributed by atoms with Crippen molar-refractivity contribution in [2.24, 2.45) is 5.92 Å². The molecule has 11 heavy (non-hydrogen) atoms. The van der Waals surface area contributed by atoms with Crippen molar-refractivity contribution >= 4 is 5.97 Å². The van der Waals surface area contributed by atoms with Crippen molar-refractivity contribution in [2.75, 3.05) is 6.61 Å². The molecule has 0 aromatic rings. The van der Waals surface area contributed by atoms with E-state index < -0.39 is 0 Å². The van der Waals surface area contributed by atoms with E-state index in [0.29, 0.717) is 18.9 Å². The minimum atomic E-state index is -0.0448. The molecular weight excluding hydrogens is 140 g/mol. The molecule has 0 amide bonds. The molecule has 1 fully saturated rings. The van der Waals surface area contributed by atoms with Gasteiger partial charge in [-0.2, -0.15) is 0 Å². The summed E-state index contributed by atoms with van der Waals surface area (Å²) in [5.41, 5.74) is 0. The van der Waals surface area contributed by atoms with Crippen molar-refractivity contribution < 1.29 is 9.53 Å². The third kappa shape index (κ3) is 2.74. The Hall–Kier alpha value is -0.790. The lowest BCUT2D eigenvalue weighted by molar-refractivity contribution is -0.142. The molecule has 1 atom stereocenters. The Morgan fingerprint density at radius 3 is 3.18 bits per heavy atom. The maximum absolute atomic E-state index is 10.8. The van der Waals surface area contributed by atoms with E-state index in [2.05, 4.69) is 6.58 Å². The van der Waals surface area contributed by atoms with Gasteiger partial charge in [-0.1, -0.05) is 6.08 Å². The topological polar surface area (TPSA) is 26.3 Å². The Kier molecular flexibility index (Phi) is 3.14. The van der Waals surface area contributed by atoms with Crippen LogP contribution in [-0.4, -0.2) is 12.6 Å². The SMILES string of the molecule is C=CCC1CCOC(=O)CC1. The van der Waals surface area contributed by atoms with E-state index in [0.717, 1.165) is 19.3 Å². The summed E-state index contributed by atoms with van der Waals surface area (Å²) in [6.07, 6.45) is 5.47. The molecular formula is C9H14O2. The lowest BCUT2D eigenvalue weighted by atomic mass is 9.97. The van der Waals surface area contributed by atoms with E-state index in [9.17, 15) is 4.79 Å². The normalized spacial score (nSPS) is 25.5. The molecule has 1 rings (SSSR count). The van der Waals surface area contributed by atoms with Gasteiger partial charge in [0.05, 0.1) is 6.61 Å². The molecule has 0 bridgehead atoms. The van der Waals surface area contributed by atoms with Gasteiger partial charge in [0.1, 0.15) is 0 Å². The zero-order chi connectivity index (χ0) is 8.10. The van der Waals surface area contributed by atoms with Crippen molar-refractivity contribution in [3.8, 4) is 0 Å². The van der Waals surface area contributed by atoms with Crippen molar-refractivity contribution in [1.82, 2.24) is 0 Å². The number of hydrogen-bond donors (Lipinski definition) is 0. The summed E-state index contributed by atoms with van der Waals surface area (Å²) in [5.74, 6) is 0.565. The predicted molar refractivity (Wildman–Crippen MR) is 43.1 cm³/mol. The fourth-order valence-corrected chi connectivity index (χ4v) is 1.35. The van der Waals surface area contributed by atoms with E-state index in [1.165, 1.54) is 0 Å². The molecule has 0 spiro atoms. The number of ether oxygens (including phenoxy) is 1. The predicted octanol–water partition coefficient (Wildman–Crippen LogP) is 1.91. The average Bonchev–Trinajstić information content (AvgIpc) is 2.17. The Balaban J connectivity index is 2.33. The van der Waals surface area contributed by atoms with Gasteiger partial charge in [-0.15, -0.1) is 6.58 Å². The summed E-state index contributed by atoms with van der Waals surface area (Å²) >= 11 is 0. The summed E-state index contributed by atoms with van der Waals surface area (Å²) in [4.78, 5) is 10.8. The number of carbonyl (C=O) groups is 1. The number of rotatable bonds is 2. The maximum atomic E-state index is 10.8. The van der Waals surface area contributed by atoms with Gasteiger partial charge in [-0.25, -0.2) is 0 Å². The lowest BCUT2D eigenvalue weighted by Crippen LogP contribution is -2.00. The third-order valence-corrected chi connectivity index (χ3v) is 2.05. The third-order valence-electron chi connectivity index (χ3n) is 2.05. The largest absolute Gasteiger partial charge is 0.466 e. The van der Waals surface area contributed by atoms with Gasteiger partial charge in [0.15, 0.2) is 0 Å². The van der Waals surface area contributed by atoms with Crippen LogP contribution < -0.4 is 0 Å². The first kappa shape index (κ1) is 8.31. The average molecular weight is 154 g/mol. The highest BCUT2D eigenvalue weighted by Crippen LogP contribution is 2.19. The molecule has 1 saturated heterocycles. The Morgan fingerprint density at radius 1 is 1.64 bits per heavy atom. The number of esters is 1. The van der Waals surface area contributed by atoms with E-state index in [-0.39, 0.29) is 5.97 Å². The van der Waals surface area contributed by atoms with Gasteiger partial charge < -0.3 is 4.74 Å². The zero-order valence-electron chi connectivity index (χ0n) is 6.71. The number of allylic oxidation sites excluding steroid dienone is 1. The van der Waals surface area contributed by atoms with Crippen LogP contribution in [0.5, 0.6) is 0 Å². The highest BCUT2D eigenvalue weighted by molar-refractivity contribution is 5.69. The first-order valence-electron chi connectivity index (χ1n) is 4.09. The summed E-state index contributed by atoms with van der Waals surface area (Å²) < 4.78 is 4.91. The summed E-state index contributed by atoms with van der Waals surface area (Å²) in [5, 5.41) is 0. The second kappa shape index (κ2) is 4.16. The highest BCUT2D eigenvalue weighted by Gasteiger charge is 2.15. The fourth-order valence-electron chi connectivity index (χ4n) is 1.35. The molecule has 1 heterocycles. The lowest BCUT2D eigenvalue weighted by Gasteiger charge is -2.07. The smallest absolute Gasteiger partial charge is 0.305 e. The van der Waals surface area contributed by atoms with Crippen LogP contribution in [0.4, 0.5) is 0 Å². The minimum Gasteiger partial charge on any atom is -0.466 e. The molecule has 1 aliphatic heterocycles. The van der Waals surface area contributed by atoms with E-state index in [4.69, 9.17) is 4.74 Å². The van der Waals surface area contributed by atoms with Crippen molar-refractivity contribution in [2.45, 2.75) is 25.7 Å². The first-order valence-corrected chi connectivity index (χ1v) is 4.09. The Bertz CT molecular complexity index is 152. The van der Waals surface area contributed by atoms with Crippen LogP contribution >= 0.6 is 0 Å². The summed E-state index contributed by atoms with van der Waals surface area (Å²) in [6.45, 7) is 4.27. The van der Waals surface area contributed by atoms with Gasteiger partial charge in [0.2, 0.25) is 0 Å². The molecule has 0 aromatic carbocycles. The molecule has 1 unspecified atom stereocenters. The second-order valence-electron chi connectivity index (χ2n) is 2.94. The van der Waals surface area contributed by atoms with E-state index >= 15 is 0 Å². The number of hydrogen-bond acceptors (Lipinski definition) is 2.